The SMILES string of the molecule is CS(=O)(=O)NCCCC(=O)Cc1nonc1C(=Nc1ccc(F)c(Cl)c1)NO. The summed E-state index contributed by atoms with van der Waals surface area (Å²) in [5, 5.41) is 16.4. The van der Waals surface area contributed by atoms with E-state index in [0.717, 1.165) is 12.3 Å². The normalized spacial score (nSPS) is 12.2. The van der Waals surface area contributed by atoms with Gasteiger partial charge in [0.1, 0.15) is 17.3 Å². The molecule has 28 heavy (non-hydrogen) atoms. The standard InChI is InChI=1S/C15H17ClFN5O5S/c1-28(25,26)18-6-2-3-10(23)8-13-14(22-27-21-13)15(20-24)19-9-4-5-12(17)11(16)7-9/h4-5,7,18,24H,2-3,6,8H2,1H3,(H,19,20). The van der Waals surface area contributed by atoms with Crippen LogP contribution in [0.3, 0.4) is 0 Å². The van der Waals surface area contributed by atoms with Gasteiger partial charge in [0.25, 0.3) is 0 Å². The fourth-order valence-electron chi connectivity index (χ4n) is 2.14. The highest BCUT2D eigenvalue weighted by Crippen LogP contribution is 2.22. The van der Waals surface area contributed by atoms with Crippen LogP contribution in [0.5, 0.6) is 0 Å². The van der Waals surface area contributed by atoms with Crippen molar-refractivity contribution in [3.05, 3.63) is 40.4 Å². The fourth-order valence-corrected chi connectivity index (χ4v) is 2.83. The van der Waals surface area contributed by atoms with Gasteiger partial charge in [-0.3, -0.25) is 15.5 Å². The number of amidine groups is 1. The predicted octanol–water partition coefficient (Wildman–Crippen LogP) is 1.36. The average molecular weight is 434 g/mol. The van der Waals surface area contributed by atoms with Crippen molar-refractivity contribution in [2.75, 3.05) is 12.8 Å². The van der Waals surface area contributed by atoms with Gasteiger partial charge in [-0.1, -0.05) is 16.8 Å². The first-order valence-electron chi connectivity index (χ1n) is 7.91. The van der Waals surface area contributed by atoms with Crippen molar-refractivity contribution in [3.8, 4) is 0 Å². The highest BCUT2D eigenvalue weighted by molar-refractivity contribution is 7.88. The van der Waals surface area contributed by atoms with Crippen molar-refractivity contribution in [2.24, 2.45) is 4.99 Å². The van der Waals surface area contributed by atoms with E-state index in [1.54, 1.807) is 0 Å². The number of benzene rings is 1. The minimum atomic E-state index is -3.31. The molecule has 1 aromatic heterocycles. The molecule has 2 aromatic rings. The second kappa shape index (κ2) is 9.68. The van der Waals surface area contributed by atoms with E-state index in [9.17, 15) is 22.8 Å². The lowest BCUT2D eigenvalue weighted by molar-refractivity contribution is -0.118. The number of nitrogens with zero attached hydrogens (tertiary/aromatic N) is 3. The molecule has 2 rings (SSSR count). The summed E-state index contributed by atoms with van der Waals surface area (Å²) in [6, 6.07) is 3.67. The number of hydroxylamine groups is 1. The van der Waals surface area contributed by atoms with Crippen molar-refractivity contribution in [2.45, 2.75) is 19.3 Å². The van der Waals surface area contributed by atoms with E-state index < -0.39 is 15.8 Å². The van der Waals surface area contributed by atoms with E-state index in [1.165, 1.54) is 12.1 Å². The lowest BCUT2D eigenvalue weighted by atomic mass is 10.1. The van der Waals surface area contributed by atoms with Gasteiger partial charge in [0.05, 0.1) is 23.4 Å². The smallest absolute Gasteiger partial charge is 0.208 e. The van der Waals surface area contributed by atoms with Crippen LogP contribution in [-0.4, -0.2) is 48.4 Å². The van der Waals surface area contributed by atoms with Gasteiger partial charge in [-0.25, -0.2) is 27.2 Å². The van der Waals surface area contributed by atoms with Crippen molar-refractivity contribution < 1.29 is 27.4 Å². The number of aliphatic imine (C=N–C) groups is 1. The van der Waals surface area contributed by atoms with E-state index in [2.05, 4.69) is 24.7 Å². The molecule has 0 fully saturated rings. The van der Waals surface area contributed by atoms with E-state index in [-0.39, 0.29) is 53.1 Å². The number of hydrogen-bond donors (Lipinski definition) is 3. The molecule has 1 heterocycles. The van der Waals surface area contributed by atoms with Gasteiger partial charge in [0.2, 0.25) is 10.0 Å². The molecule has 0 aliphatic carbocycles. The molecule has 10 nitrogen and oxygen atoms in total. The van der Waals surface area contributed by atoms with Gasteiger partial charge in [0.15, 0.2) is 11.5 Å². The number of rotatable bonds is 9. The van der Waals surface area contributed by atoms with Crippen molar-refractivity contribution in [1.29, 1.82) is 0 Å². The van der Waals surface area contributed by atoms with Crippen LogP contribution in [0, 0.1) is 5.82 Å². The summed E-state index contributed by atoms with van der Waals surface area (Å²) in [5.74, 6) is -1.04. The largest absolute Gasteiger partial charge is 0.299 e. The van der Waals surface area contributed by atoms with E-state index in [1.807, 2.05) is 5.48 Å². The first-order valence-corrected chi connectivity index (χ1v) is 10.2. The number of nitrogens with one attached hydrogen (secondary N) is 2. The molecule has 1 aromatic carbocycles. The van der Waals surface area contributed by atoms with Gasteiger partial charge < -0.3 is 0 Å². The number of carbonyl (C=O) groups is 1. The van der Waals surface area contributed by atoms with Crippen molar-refractivity contribution >= 4 is 38.9 Å². The maximum absolute atomic E-state index is 13.2. The van der Waals surface area contributed by atoms with E-state index >= 15 is 0 Å². The highest BCUT2D eigenvalue weighted by atomic mass is 35.5. The Morgan fingerprint density at radius 3 is 2.79 bits per heavy atom. The number of hydrogen-bond acceptors (Lipinski definition) is 8. The Balaban J connectivity index is 2.07. The minimum absolute atomic E-state index is 0.00874. The minimum Gasteiger partial charge on any atom is -0.299 e. The zero-order valence-corrected chi connectivity index (χ0v) is 16.2. The maximum Gasteiger partial charge on any atom is 0.208 e. The lowest BCUT2D eigenvalue weighted by Crippen LogP contribution is -2.24. The van der Waals surface area contributed by atoms with Crippen LogP contribution in [0.4, 0.5) is 10.1 Å². The highest BCUT2D eigenvalue weighted by Gasteiger charge is 2.19. The average Bonchev–Trinajstić information content (AvgIpc) is 3.06. The molecule has 0 radical (unpaired) electrons. The van der Waals surface area contributed by atoms with Gasteiger partial charge in [-0.15, -0.1) is 0 Å². The number of halogens is 2. The van der Waals surface area contributed by atoms with Crippen LogP contribution in [0.25, 0.3) is 0 Å². The summed E-state index contributed by atoms with van der Waals surface area (Å²) in [6.45, 7) is 0.130. The second-order valence-electron chi connectivity index (χ2n) is 5.72. The van der Waals surface area contributed by atoms with E-state index in [0.29, 0.717) is 6.42 Å². The molecule has 0 saturated carbocycles. The third kappa shape index (κ3) is 6.64. The van der Waals surface area contributed by atoms with Gasteiger partial charge in [-0.05, 0) is 29.8 Å². The first kappa shape index (κ1) is 21.9. The number of aromatic nitrogens is 2. The van der Waals surface area contributed by atoms with Crippen LogP contribution in [0.1, 0.15) is 24.2 Å². The maximum atomic E-state index is 13.2. The van der Waals surface area contributed by atoms with Crippen LogP contribution in [0.15, 0.2) is 27.8 Å². The summed E-state index contributed by atoms with van der Waals surface area (Å²) in [5.41, 5.74) is 2.16. The zero-order valence-electron chi connectivity index (χ0n) is 14.6. The quantitative estimate of drug-likeness (QED) is 0.232. The molecule has 152 valence electrons. The molecular weight excluding hydrogens is 417 g/mol. The van der Waals surface area contributed by atoms with Crippen LogP contribution < -0.4 is 10.2 Å². The molecule has 0 spiro atoms. The topological polar surface area (TPSA) is 147 Å². The number of ketones is 1. The summed E-state index contributed by atoms with van der Waals surface area (Å²) >= 11 is 5.69. The Bertz CT molecular complexity index is 979. The molecular formula is C15H17ClFN5O5S. The summed E-state index contributed by atoms with van der Waals surface area (Å²) < 4.78 is 42.1. The molecule has 0 aliphatic rings. The summed E-state index contributed by atoms with van der Waals surface area (Å²) in [7, 11) is -3.31. The second-order valence-corrected chi connectivity index (χ2v) is 7.96. The number of Topliss-reactive ketones (excluding diaryl/α,β-unsaturated/α-hetero) is 1. The number of sulfonamides is 1. The van der Waals surface area contributed by atoms with Crippen molar-refractivity contribution in [1.82, 2.24) is 20.5 Å². The molecule has 13 heteroatoms. The Kier molecular flexibility index (Phi) is 7.57. The molecule has 0 atom stereocenters. The molecule has 3 N–H and O–H groups in total. The molecule has 0 saturated heterocycles. The monoisotopic (exact) mass is 433 g/mol. The first-order chi connectivity index (χ1) is 13.2. The Labute approximate surface area is 164 Å². The zero-order chi connectivity index (χ0) is 20.7. The summed E-state index contributed by atoms with van der Waals surface area (Å²) in [4.78, 5) is 16.1. The van der Waals surface area contributed by atoms with E-state index in [4.69, 9.17) is 11.6 Å². The molecule has 0 amide bonds. The summed E-state index contributed by atoms with van der Waals surface area (Å²) in [6.07, 6.45) is 1.27. The Hall–Kier alpha value is -2.41. The lowest BCUT2D eigenvalue weighted by Gasteiger charge is -2.04. The Morgan fingerprint density at radius 1 is 1.39 bits per heavy atom. The third-order valence-corrected chi connectivity index (χ3v) is 4.41. The molecule has 0 bridgehead atoms. The number of carbonyl (C=O) groups excluding carboxylic acids is 1. The van der Waals surface area contributed by atoms with Gasteiger partial charge in [0, 0.05) is 13.0 Å². The van der Waals surface area contributed by atoms with Gasteiger partial charge in [-0.2, -0.15) is 0 Å². The van der Waals surface area contributed by atoms with Crippen LogP contribution in [0.2, 0.25) is 5.02 Å². The molecule has 0 unspecified atom stereocenters. The molecule has 0 aliphatic heterocycles. The fraction of sp³-hybridized carbons (Fsp3) is 0.333. The predicted molar refractivity (Wildman–Crippen MR) is 97.6 cm³/mol. The van der Waals surface area contributed by atoms with Crippen molar-refractivity contribution in [3.63, 3.8) is 0 Å². The van der Waals surface area contributed by atoms with Gasteiger partial charge >= 0.3 is 0 Å². The Morgan fingerprint density at radius 2 is 2.14 bits per heavy atom. The van der Waals surface area contributed by atoms with Crippen LogP contribution >= 0.6 is 11.6 Å². The third-order valence-electron chi connectivity index (χ3n) is 3.39. The van der Waals surface area contributed by atoms with Crippen LogP contribution in [-0.2, 0) is 21.2 Å².